The largest absolute Gasteiger partial charge is 0.496 e. The number of benzene rings is 2. The number of hydrogen-bond acceptors (Lipinski definition) is 20. The lowest BCUT2D eigenvalue weighted by Crippen LogP contribution is -2.62. The SMILES string of the molecule is COc1cccc(OC)c1-c1cc(C(=O)NC2(C(=O)O)CC3=CCC=C=C32)nn1-c1ccc(C(=O)N(CCCNC(=O)CCC(=O)NCCCOCCOCCOCCCNC(=O)CN2CCN(CC(=O)O)CCN(CC(=O)O)CCN(CC(=O)O)CC2)CCCN(C)C)cc1C(C)C. The maximum atomic E-state index is 14.6. The molecule has 99 heavy (non-hydrogen) atoms. The lowest BCUT2D eigenvalue weighted by Gasteiger charge is -2.42. The molecule has 30 nitrogen and oxygen atoms in total. The summed E-state index contributed by atoms with van der Waals surface area (Å²) < 4.78 is 30.1. The number of aromatic nitrogens is 2. The summed E-state index contributed by atoms with van der Waals surface area (Å²) >= 11 is 0. The number of hydrogen-bond donors (Lipinski definition) is 8. The van der Waals surface area contributed by atoms with Crippen LogP contribution in [0.25, 0.3) is 16.9 Å². The van der Waals surface area contributed by atoms with Crippen molar-refractivity contribution in [1.29, 1.82) is 0 Å². The summed E-state index contributed by atoms with van der Waals surface area (Å²) in [4.78, 5) is 125. The van der Waals surface area contributed by atoms with Gasteiger partial charge in [0.15, 0.2) is 11.2 Å². The summed E-state index contributed by atoms with van der Waals surface area (Å²) in [6.45, 7) is 10.3. The minimum Gasteiger partial charge on any atom is -0.496 e. The molecule has 3 aromatic rings. The molecule has 5 amide bonds. The van der Waals surface area contributed by atoms with Crippen LogP contribution in [0.1, 0.15) is 97.5 Å². The molecule has 3 aliphatic rings. The Labute approximate surface area is 578 Å². The van der Waals surface area contributed by atoms with Crippen molar-refractivity contribution in [2.75, 3.05) is 186 Å². The number of fused-ring (bicyclic) bond motifs is 1. The fraction of sp³-hybridized carbons (Fsp3) is 0.580. The molecule has 8 N–H and O–H groups in total. The van der Waals surface area contributed by atoms with Crippen molar-refractivity contribution in [3.63, 3.8) is 0 Å². The summed E-state index contributed by atoms with van der Waals surface area (Å²) in [7, 11) is 6.96. The Balaban J connectivity index is 0.875. The van der Waals surface area contributed by atoms with Gasteiger partial charge < -0.3 is 75.2 Å². The quantitative estimate of drug-likeness (QED) is 0.0298. The number of rotatable bonds is 42. The highest BCUT2D eigenvalue weighted by Crippen LogP contribution is 2.45. The summed E-state index contributed by atoms with van der Waals surface area (Å²) in [6, 6.07) is 12.2. The van der Waals surface area contributed by atoms with Crippen LogP contribution in [-0.2, 0) is 47.8 Å². The Morgan fingerprint density at radius 3 is 1.60 bits per heavy atom. The van der Waals surface area contributed by atoms with Crippen LogP contribution >= 0.6 is 0 Å². The highest BCUT2D eigenvalue weighted by atomic mass is 16.5. The van der Waals surface area contributed by atoms with Crippen LogP contribution < -0.4 is 30.7 Å². The van der Waals surface area contributed by atoms with Crippen LogP contribution in [0, 0.1) is 0 Å². The molecule has 0 bridgehead atoms. The summed E-state index contributed by atoms with van der Waals surface area (Å²) in [5.41, 5.74) is 5.16. The Hall–Kier alpha value is -8.58. The average molecular weight is 1390 g/mol. The minimum absolute atomic E-state index is 0.00266. The van der Waals surface area contributed by atoms with E-state index in [9.17, 15) is 63.6 Å². The molecule has 30 heteroatoms. The molecule has 0 spiro atoms. The van der Waals surface area contributed by atoms with Gasteiger partial charge in [0.1, 0.15) is 11.5 Å². The molecule has 1 saturated carbocycles. The van der Waals surface area contributed by atoms with Crippen LogP contribution in [0.5, 0.6) is 11.5 Å². The average Bonchev–Trinajstić information content (AvgIpc) is 1.53. The Bertz CT molecular complexity index is 3280. The molecular weight excluding hydrogens is 1280 g/mol. The normalized spacial score (nSPS) is 16.3. The number of carboxylic acids is 4. The van der Waals surface area contributed by atoms with E-state index in [0.29, 0.717) is 164 Å². The molecule has 1 unspecified atom stereocenters. The van der Waals surface area contributed by atoms with E-state index in [4.69, 9.17) is 28.8 Å². The van der Waals surface area contributed by atoms with Crippen molar-refractivity contribution in [2.45, 2.75) is 76.7 Å². The molecule has 2 aliphatic carbocycles. The number of carboxylic acid groups (broad SMARTS) is 4. The van der Waals surface area contributed by atoms with E-state index in [1.807, 2.05) is 49.9 Å². The predicted octanol–water partition coefficient (Wildman–Crippen LogP) is 2.27. The second-order valence-electron chi connectivity index (χ2n) is 25.0. The molecule has 2 heterocycles. The number of allylic oxidation sites excluding steroid dienone is 1. The van der Waals surface area contributed by atoms with Gasteiger partial charge in [-0.15, -0.1) is 5.73 Å². The van der Waals surface area contributed by atoms with E-state index < -0.39 is 35.3 Å². The Kier molecular flexibility index (Phi) is 33.0. The van der Waals surface area contributed by atoms with Crippen LogP contribution in [0.15, 0.2) is 71.5 Å². The van der Waals surface area contributed by atoms with E-state index in [1.165, 1.54) is 14.2 Å². The van der Waals surface area contributed by atoms with E-state index >= 15 is 0 Å². The molecule has 1 aromatic heterocycles. The van der Waals surface area contributed by atoms with Crippen molar-refractivity contribution in [3.05, 3.63) is 88.3 Å². The predicted molar refractivity (Wildman–Crippen MR) is 365 cm³/mol. The van der Waals surface area contributed by atoms with E-state index in [0.717, 1.165) is 17.7 Å². The number of nitrogens with one attached hydrogen (secondary N) is 4. The lowest BCUT2D eigenvalue weighted by molar-refractivity contribution is -0.144. The van der Waals surface area contributed by atoms with Gasteiger partial charge in [-0.2, -0.15) is 5.10 Å². The summed E-state index contributed by atoms with van der Waals surface area (Å²) in [6.07, 6.45) is 6.61. The zero-order valence-electron chi connectivity index (χ0n) is 58.0. The van der Waals surface area contributed by atoms with Gasteiger partial charge in [0, 0.05) is 129 Å². The third-order valence-corrected chi connectivity index (χ3v) is 16.9. The van der Waals surface area contributed by atoms with Crippen molar-refractivity contribution in [1.82, 2.24) is 60.4 Å². The number of carbonyl (C=O) groups is 9. The third kappa shape index (κ3) is 25.6. The second kappa shape index (κ2) is 41.1. The number of amides is 5. The molecule has 1 aliphatic heterocycles. The lowest BCUT2D eigenvalue weighted by atomic mass is 9.66. The van der Waals surface area contributed by atoms with Crippen LogP contribution in [-0.4, -0.2) is 304 Å². The maximum Gasteiger partial charge on any atom is 0.335 e. The monoisotopic (exact) mass is 1380 g/mol. The molecular formula is C69H100N12O18. The molecule has 6 rings (SSSR count). The summed E-state index contributed by atoms with van der Waals surface area (Å²) in [5, 5.41) is 54.9. The number of ether oxygens (including phenoxy) is 5. The topological polar surface area (TPSA) is 366 Å². The van der Waals surface area contributed by atoms with Gasteiger partial charge in [-0.25, -0.2) is 9.48 Å². The highest BCUT2D eigenvalue weighted by Gasteiger charge is 2.54. The first-order chi connectivity index (χ1) is 47.5. The first-order valence-corrected chi connectivity index (χ1v) is 33.7. The third-order valence-electron chi connectivity index (χ3n) is 16.9. The van der Waals surface area contributed by atoms with Gasteiger partial charge in [0.25, 0.3) is 11.8 Å². The first-order valence-electron chi connectivity index (χ1n) is 33.7. The zero-order valence-corrected chi connectivity index (χ0v) is 58.0. The van der Waals surface area contributed by atoms with Gasteiger partial charge in [0.05, 0.1) is 83.8 Å². The van der Waals surface area contributed by atoms with Gasteiger partial charge in [-0.1, -0.05) is 26.0 Å². The first kappa shape index (κ1) is 79.4. The molecule has 1 saturated heterocycles. The molecule has 2 fully saturated rings. The number of methoxy groups -OCH3 is 2. The second-order valence-corrected chi connectivity index (χ2v) is 25.0. The van der Waals surface area contributed by atoms with Gasteiger partial charge in [-0.05, 0) is 112 Å². The van der Waals surface area contributed by atoms with Crippen LogP contribution in [0.2, 0.25) is 0 Å². The van der Waals surface area contributed by atoms with Crippen molar-refractivity contribution >= 4 is 53.4 Å². The fourth-order valence-electron chi connectivity index (χ4n) is 11.6. The molecule has 544 valence electrons. The number of nitrogens with zero attached hydrogens (tertiary/aromatic N) is 8. The Morgan fingerprint density at radius 2 is 1.11 bits per heavy atom. The minimum atomic E-state index is -1.68. The highest BCUT2D eigenvalue weighted by molar-refractivity contribution is 6.01. The molecule has 1 atom stereocenters. The fourth-order valence-corrected chi connectivity index (χ4v) is 11.6. The standard InChI is InChI=1S/C69H100N12O18/c1-49(2)52-42-50(18-19-55(52)81-56(65-57(95-5)16-9-17-58(65)96-6)43-54(74-81)66(91)73-69(68(93)94)44-51-14-7-8-15-53(51)69)67(92)80(27-13-25-75(3)4)26-10-22-70-59(82)20-21-60(83)71-23-11-36-97-38-40-99-41-39-98-37-12-24-72-61(84)45-76-28-30-77(46-62(85)86)32-34-79(48-64(89)90)35-33-78(31-29-76)47-63(87)88/h8-9,14,16-19,42-43,49H,7,10-13,20-41,44-48H2,1-6H3,(H,70,82)(H,71,83)(H,72,84)(H,73,91)(H,85,86)(H,87,88)(H,89,90)(H,93,94). The molecule has 2 aromatic carbocycles. The summed E-state index contributed by atoms with van der Waals surface area (Å²) in [5.74, 6) is -5.32. The number of aliphatic carboxylic acids is 4. The van der Waals surface area contributed by atoms with E-state index in [2.05, 4.69) is 27.0 Å². The Morgan fingerprint density at radius 1 is 0.616 bits per heavy atom. The molecule has 0 radical (unpaired) electrons. The smallest absolute Gasteiger partial charge is 0.335 e. The van der Waals surface area contributed by atoms with E-state index in [-0.39, 0.29) is 113 Å². The van der Waals surface area contributed by atoms with E-state index in [1.54, 1.807) is 66.8 Å². The van der Waals surface area contributed by atoms with Crippen molar-refractivity contribution in [3.8, 4) is 28.4 Å². The van der Waals surface area contributed by atoms with Crippen molar-refractivity contribution < 1.29 is 87.3 Å². The zero-order chi connectivity index (χ0) is 71.9. The van der Waals surface area contributed by atoms with Gasteiger partial charge in [-0.3, -0.25) is 58.0 Å². The maximum absolute atomic E-state index is 14.6. The van der Waals surface area contributed by atoms with Crippen molar-refractivity contribution in [2.24, 2.45) is 0 Å². The van der Waals surface area contributed by atoms with Gasteiger partial charge >= 0.3 is 23.9 Å². The van der Waals surface area contributed by atoms with Crippen LogP contribution in [0.4, 0.5) is 0 Å². The number of carbonyl (C=O) groups excluding carboxylic acids is 5. The van der Waals surface area contributed by atoms with Crippen LogP contribution in [0.3, 0.4) is 0 Å². The van der Waals surface area contributed by atoms with Gasteiger partial charge in [0.2, 0.25) is 17.7 Å².